The molecule has 0 aliphatic rings. The first-order valence-electron chi connectivity index (χ1n) is 5.99. The summed E-state index contributed by atoms with van der Waals surface area (Å²) in [5.41, 5.74) is 0.531. The van der Waals surface area contributed by atoms with Gasteiger partial charge in [-0.05, 0) is 34.1 Å². The van der Waals surface area contributed by atoms with E-state index >= 15 is 0 Å². The van der Waals surface area contributed by atoms with Crippen LogP contribution in [0.4, 0.5) is 8.78 Å². The molecule has 2 rings (SSSR count). The molecule has 2 nitrogen and oxygen atoms in total. The molecule has 0 radical (unpaired) electrons. The Morgan fingerprint density at radius 1 is 1.05 bits per heavy atom. The van der Waals surface area contributed by atoms with Gasteiger partial charge in [0.15, 0.2) is 11.6 Å². The lowest BCUT2D eigenvalue weighted by atomic mass is 10.0. The summed E-state index contributed by atoms with van der Waals surface area (Å²) in [5, 5.41) is -0.905. The van der Waals surface area contributed by atoms with Crippen LogP contribution >= 0.6 is 27.5 Å². The summed E-state index contributed by atoms with van der Waals surface area (Å²) in [7, 11) is 2.98. The molecule has 112 valence electrons. The molecule has 0 bridgehead atoms. The van der Waals surface area contributed by atoms with Gasteiger partial charge in [0.2, 0.25) is 0 Å². The maximum Gasteiger partial charge on any atom is 0.163 e. The van der Waals surface area contributed by atoms with Gasteiger partial charge in [-0.15, -0.1) is 11.6 Å². The Morgan fingerprint density at radius 3 is 2.33 bits per heavy atom. The predicted octanol–water partition coefficient (Wildman–Crippen LogP) is 5.07. The van der Waals surface area contributed by atoms with E-state index in [2.05, 4.69) is 15.9 Å². The van der Waals surface area contributed by atoms with Crippen molar-refractivity contribution in [2.24, 2.45) is 0 Å². The average Bonchev–Trinajstić information content (AvgIpc) is 2.49. The van der Waals surface area contributed by atoms with Gasteiger partial charge < -0.3 is 9.47 Å². The van der Waals surface area contributed by atoms with Crippen molar-refractivity contribution in [3.05, 3.63) is 57.6 Å². The van der Waals surface area contributed by atoms with E-state index in [-0.39, 0.29) is 5.56 Å². The van der Waals surface area contributed by atoms with E-state index in [1.54, 1.807) is 12.1 Å². The van der Waals surface area contributed by atoms with Crippen LogP contribution in [0.3, 0.4) is 0 Å². The molecular formula is C15H12BrClF2O2. The Balaban J connectivity index is 2.56. The van der Waals surface area contributed by atoms with E-state index in [4.69, 9.17) is 21.1 Å². The summed E-state index contributed by atoms with van der Waals surface area (Å²) in [6.45, 7) is 0. The van der Waals surface area contributed by atoms with E-state index in [0.29, 0.717) is 21.5 Å². The lowest BCUT2D eigenvalue weighted by Gasteiger charge is -2.17. The van der Waals surface area contributed by atoms with Gasteiger partial charge in [0, 0.05) is 11.1 Å². The SMILES string of the molecule is COc1cc(C(Cl)c2cccc(F)c2F)c(OC)cc1Br. The van der Waals surface area contributed by atoms with Crippen LogP contribution in [0.25, 0.3) is 0 Å². The molecule has 0 saturated carbocycles. The molecule has 0 aromatic heterocycles. The highest BCUT2D eigenvalue weighted by molar-refractivity contribution is 9.10. The molecule has 2 aromatic carbocycles. The molecule has 0 aliphatic heterocycles. The predicted molar refractivity (Wildman–Crippen MR) is 81.3 cm³/mol. The van der Waals surface area contributed by atoms with Crippen LogP contribution in [0.15, 0.2) is 34.8 Å². The molecule has 6 heteroatoms. The molecule has 21 heavy (non-hydrogen) atoms. The largest absolute Gasteiger partial charge is 0.496 e. The quantitative estimate of drug-likeness (QED) is 0.692. The Kier molecular flexibility index (Phi) is 5.06. The van der Waals surface area contributed by atoms with Gasteiger partial charge in [-0.25, -0.2) is 8.78 Å². The number of hydrogen-bond donors (Lipinski definition) is 0. The van der Waals surface area contributed by atoms with E-state index in [1.807, 2.05) is 0 Å². The lowest BCUT2D eigenvalue weighted by molar-refractivity contribution is 0.396. The van der Waals surface area contributed by atoms with E-state index < -0.39 is 17.0 Å². The van der Waals surface area contributed by atoms with Gasteiger partial charge in [0.05, 0.1) is 24.1 Å². The number of halogens is 4. The molecule has 0 aliphatic carbocycles. The summed E-state index contributed by atoms with van der Waals surface area (Å²) in [5.74, 6) is -0.942. The van der Waals surface area contributed by atoms with Crippen LogP contribution in [-0.4, -0.2) is 14.2 Å². The fraction of sp³-hybridized carbons (Fsp3) is 0.200. The molecular weight excluding hydrogens is 366 g/mol. The van der Waals surface area contributed by atoms with Gasteiger partial charge in [0.25, 0.3) is 0 Å². The van der Waals surface area contributed by atoms with Gasteiger partial charge in [-0.1, -0.05) is 12.1 Å². The fourth-order valence-electron chi connectivity index (χ4n) is 1.97. The number of alkyl halides is 1. The minimum atomic E-state index is -0.971. The third-order valence-electron chi connectivity index (χ3n) is 3.03. The lowest BCUT2D eigenvalue weighted by Crippen LogP contribution is -2.02. The molecule has 0 spiro atoms. The van der Waals surface area contributed by atoms with Crippen molar-refractivity contribution >= 4 is 27.5 Å². The fourth-order valence-corrected chi connectivity index (χ4v) is 2.79. The maximum atomic E-state index is 13.9. The third kappa shape index (κ3) is 3.14. The number of rotatable bonds is 4. The van der Waals surface area contributed by atoms with Gasteiger partial charge in [-0.3, -0.25) is 0 Å². The van der Waals surface area contributed by atoms with E-state index in [9.17, 15) is 8.78 Å². The minimum Gasteiger partial charge on any atom is -0.496 e. The van der Waals surface area contributed by atoms with Crippen molar-refractivity contribution in [2.75, 3.05) is 14.2 Å². The van der Waals surface area contributed by atoms with E-state index in [0.717, 1.165) is 6.07 Å². The Labute approximate surface area is 134 Å². The second kappa shape index (κ2) is 6.62. The standard InChI is InChI=1S/C15H12BrClF2O2/c1-20-12-7-10(16)13(21-2)6-9(12)14(17)8-4-3-5-11(18)15(8)19/h3-7,14H,1-2H3. The first-order valence-corrected chi connectivity index (χ1v) is 7.22. The normalized spacial score (nSPS) is 12.1. The minimum absolute atomic E-state index is 0.0411. The van der Waals surface area contributed by atoms with Crippen molar-refractivity contribution in [3.63, 3.8) is 0 Å². The van der Waals surface area contributed by atoms with Crippen molar-refractivity contribution in [3.8, 4) is 11.5 Å². The summed E-state index contributed by atoms with van der Waals surface area (Å²) in [6, 6.07) is 7.18. The number of methoxy groups -OCH3 is 2. The molecule has 2 aromatic rings. The topological polar surface area (TPSA) is 18.5 Å². The molecule has 1 unspecified atom stereocenters. The Morgan fingerprint density at radius 2 is 1.71 bits per heavy atom. The van der Waals surface area contributed by atoms with Gasteiger partial charge in [0.1, 0.15) is 11.5 Å². The summed E-state index contributed by atoms with van der Waals surface area (Å²) in [4.78, 5) is 0. The number of hydrogen-bond acceptors (Lipinski definition) is 2. The molecule has 0 amide bonds. The second-order valence-electron chi connectivity index (χ2n) is 4.23. The smallest absolute Gasteiger partial charge is 0.163 e. The summed E-state index contributed by atoms with van der Waals surface area (Å²) in [6.07, 6.45) is 0. The highest BCUT2D eigenvalue weighted by atomic mass is 79.9. The third-order valence-corrected chi connectivity index (χ3v) is 4.12. The zero-order valence-electron chi connectivity index (χ0n) is 11.3. The maximum absolute atomic E-state index is 13.9. The zero-order valence-corrected chi connectivity index (χ0v) is 13.6. The van der Waals surface area contributed by atoms with Crippen molar-refractivity contribution in [2.45, 2.75) is 5.38 Å². The summed E-state index contributed by atoms with van der Waals surface area (Å²) >= 11 is 9.65. The van der Waals surface area contributed by atoms with Crippen LogP contribution in [0.2, 0.25) is 0 Å². The van der Waals surface area contributed by atoms with Crippen molar-refractivity contribution < 1.29 is 18.3 Å². The highest BCUT2D eigenvalue weighted by Gasteiger charge is 2.22. The van der Waals surface area contributed by atoms with Gasteiger partial charge in [-0.2, -0.15) is 0 Å². The molecule has 0 N–H and O–H groups in total. The zero-order chi connectivity index (χ0) is 15.6. The number of benzene rings is 2. The van der Waals surface area contributed by atoms with Crippen LogP contribution in [0.1, 0.15) is 16.5 Å². The van der Waals surface area contributed by atoms with E-state index in [1.165, 1.54) is 26.4 Å². The molecule has 1 atom stereocenters. The first-order chi connectivity index (χ1) is 9.99. The first kappa shape index (κ1) is 16.0. The van der Waals surface area contributed by atoms with Crippen LogP contribution < -0.4 is 9.47 Å². The Hall–Kier alpha value is -1.33. The number of ether oxygens (including phenoxy) is 2. The molecule has 0 heterocycles. The van der Waals surface area contributed by atoms with Crippen LogP contribution in [-0.2, 0) is 0 Å². The Bertz CT molecular complexity index is 664. The highest BCUT2D eigenvalue weighted by Crippen LogP contribution is 2.41. The second-order valence-corrected chi connectivity index (χ2v) is 5.53. The molecule has 0 saturated heterocycles. The van der Waals surface area contributed by atoms with Crippen molar-refractivity contribution in [1.82, 2.24) is 0 Å². The van der Waals surface area contributed by atoms with Gasteiger partial charge >= 0.3 is 0 Å². The van der Waals surface area contributed by atoms with Crippen LogP contribution in [0.5, 0.6) is 11.5 Å². The average molecular weight is 378 g/mol. The summed E-state index contributed by atoms with van der Waals surface area (Å²) < 4.78 is 38.4. The van der Waals surface area contributed by atoms with Crippen LogP contribution in [0, 0.1) is 11.6 Å². The monoisotopic (exact) mass is 376 g/mol. The van der Waals surface area contributed by atoms with Crippen molar-refractivity contribution in [1.29, 1.82) is 0 Å². The molecule has 0 fully saturated rings.